The van der Waals surface area contributed by atoms with Crippen molar-refractivity contribution >= 4 is 41.3 Å². The van der Waals surface area contributed by atoms with E-state index >= 15 is 0 Å². The van der Waals surface area contributed by atoms with Gasteiger partial charge in [0, 0.05) is 30.7 Å². The zero-order valence-electron chi connectivity index (χ0n) is 17.8. The van der Waals surface area contributed by atoms with Crippen LogP contribution < -0.4 is 10.6 Å². The van der Waals surface area contributed by atoms with Crippen molar-refractivity contribution in [3.63, 3.8) is 0 Å². The molecule has 29 heavy (non-hydrogen) atoms. The Labute approximate surface area is 196 Å². The highest BCUT2D eigenvalue weighted by Gasteiger charge is 2.17. The van der Waals surface area contributed by atoms with E-state index in [0.29, 0.717) is 13.1 Å². The molecule has 0 aliphatic carbocycles. The summed E-state index contributed by atoms with van der Waals surface area (Å²) in [5, 5.41) is 7.83. The molecular formula is C22H34IN5S. The summed E-state index contributed by atoms with van der Waals surface area (Å²) in [6.45, 7) is 12.2. The van der Waals surface area contributed by atoms with Crippen LogP contribution in [0, 0.1) is 12.8 Å². The number of nitrogens with zero attached hydrogens (tertiary/aromatic N) is 3. The third-order valence-corrected chi connectivity index (χ3v) is 5.99. The van der Waals surface area contributed by atoms with Gasteiger partial charge in [0.05, 0.1) is 13.1 Å². The predicted molar refractivity (Wildman–Crippen MR) is 134 cm³/mol. The lowest BCUT2D eigenvalue weighted by Crippen LogP contribution is -2.36. The molecule has 0 saturated carbocycles. The average Bonchev–Trinajstić information content (AvgIpc) is 3.10. The predicted octanol–water partition coefficient (Wildman–Crippen LogP) is 4.56. The van der Waals surface area contributed by atoms with Gasteiger partial charge < -0.3 is 10.6 Å². The molecular weight excluding hydrogens is 493 g/mol. The van der Waals surface area contributed by atoms with Crippen LogP contribution >= 0.6 is 35.3 Å². The van der Waals surface area contributed by atoms with Gasteiger partial charge in [-0.15, -0.1) is 35.3 Å². The van der Waals surface area contributed by atoms with E-state index in [1.807, 2.05) is 6.20 Å². The number of hydrogen-bond donors (Lipinski definition) is 2. The summed E-state index contributed by atoms with van der Waals surface area (Å²) in [6.07, 6.45) is 4.59. The van der Waals surface area contributed by atoms with Crippen molar-refractivity contribution in [1.29, 1.82) is 0 Å². The first-order valence-electron chi connectivity index (χ1n) is 10.4. The van der Waals surface area contributed by atoms with E-state index in [1.165, 1.54) is 41.9 Å². The molecule has 2 heterocycles. The summed E-state index contributed by atoms with van der Waals surface area (Å²) in [6, 6.07) is 8.72. The maximum absolute atomic E-state index is 4.83. The minimum absolute atomic E-state index is 0. The summed E-state index contributed by atoms with van der Waals surface area (Å²) in [5.41, 5.74) is 2.70. The number of benzene rings is 1. The van der Waals surface area contributed by atoms with Gasteiger partial charge in [-0.1, -0.05) is 31.2 Å². The van der Waals surface area contributed by atoms with Gasteiger partial charge in [0.15, 0.2) is 5.96 Å². The molecule has 1 aliphatic rings. The van der Waals surface area contributed by atoms with Gasteiger partial charge >= 0.3 is 0 Å². The number of piperidine rings is 1. The fourth-order valence-corrected chi connectivity index (χ4v) is 4.41. The van der Waals surface area contributed by atoms with E-state index in [9.17, 15) is 0 Å². The van der Waals surface area contributed by atoms with Crippen molar-refractivity contribution in [2.24, 2.45) is 10.9 Å². The molecule has 1 fully saturated rings. The first-order valence-corrected chi connectivity index (χ1v) is 11.2. The maximum Gasteiger partial charge on any atom is 0.191 e. The number of aromatic nitrogens is 1. The van der Waals surface area contributed by atoms with Gasteiger partial charge in [-0.05, 0) is 50.3 Å². The summed E-state index contributed by atoms with van der Waals surface area (Å²) in [7, 11) is 0. The zero-order valence-corrected chi connectivity index (χ0v) is 20.9. The fraction of sp³-hybridized carbons (Fsp3) is 0.545. The Kier molecular flexibility index (Phi) is 10.4. The third-order valence-electron chi connectivity index (χ3n) is 5.08. The van der Waals surface area contributed by atoms with Crippen LogP contribution in [0.2, 0.25) is 0 Å². The molecule has 3 rings (SSSR count). The lowest BCUT2D eigenvalue weighted by Gasteiger charge is -2.31. The largest absolute Gasteiger partial charge is 0.357 e. The number of nitrogens with one attached hydrogen (secondary N) is 2. The van der Waals surface area contributed by atoms with E-state index in [0.717, 1.165) is 30.0 Å². The van der Waals surface area contributed by atoms with Crippen molar-refractivity contribution < 1.29 is 0 Å². The van der Waals surface area contributed by atoms with Crippen molar-refractivity contribution in [3.8, 4) is 0 Å². The number of guanidine groups is 1. The van der Waals surface area contributed by atoms with E-state index in [-0.39, 0.29) is 24.0 Å². The van der Waals surface area contributed by atoms with E-state index in [2.05, 4.69) is 65.6 Å². The molecule has 0 bridgehead atoms. The number of thiazole rings is 1. The van der Waals surface area contributed by atoms with Gasteiger partial charge in [0.2, 0.25) is 0 Å². The molecule has 1 aliphatic heterocycles. The van der Waals surface area contributed by atoms with Gasteiger partial charge in [-0.3, -0.25) is 4.90 Å². The smallest absolute Gasteiger partial charge is 0.191 e. The summed E-state index contributed by atoms with van der Waals surface area (Å²) in [5.74, 6) is 1.65. The number of aryl methyl sites for hydroxylation is 1. The second kappa shape index (κ2) is 12.5. The van der Waals surface area contributed by atoms with Crippen molar-refractivity contribution in [1.82, 2.24) is 20.5 Å². The monoisotopic (exact) mass is 527 g/mol. The second-order valence-corrected chi connectivity index (χ2v) is 8.98. The number of hydrogen-bond acceptors (Lipinski definition) is 4. The van der Waals surface area contributed by atoms with Crippen LogP contribution in [0.3, 0.4) is 0 Å². The molecule has 160 valence electrons. The Balaban J connectivity index is 0.00000300. The first-order chi connectivity index (χ1) is 13.6. The number of rotatable bonds is 7. The summed E-state index contributed by atoms with van der Waals surface area (Å²) < 4.78 is 0. The Bertz CT molecular complexity index is 776. The molecule has 5 nitrogen and oxygen atoms in total. The number of aliphatic imine (C=N–C) groups is 1. The molecule has 0 spiro atoms. The normalized spacial score (nSPS) is 17.6. The maximum atomic E-state index is 4.83. The Morgan fingerprint density at radius 1 is 1.28 bits per heavy atom. The SMILES string of the molecule is CCNC(=NCc1ccccc1CN1CCCC(C)C1)NCc1ncc(C)s1.I. The zero-order chi connectivity index (χ0) is 19.8. The minimum Gasteiger partial charge on any atom is -0.357 e. The molecule has 1 atom stereocenters. The van der Waals surface area contributed by atoms with Gasteiger partial charge in [0.25, 0.3) is 0 Å². The highest BCUT2D eigenvalue weighted by Crippen LogP contribution is 2.20. The van der Waals surface area contributed by atoms with Gasteiger partial charge in [-0.2, -0.15) is 0 Å². The fourth-order valence-electron chi connectivity index (χ4n) is 3.69. The van der Waals surface area contributed by atoms with Crippen molar-refractivity contribution in [3.05, 3.63) is 51.5 Å². The highest BCUT2D eigenvalue weighted by atomic mass is 127. The quantitative estimate of drug-likeness (QED) is 0.315. The second-order valence-electron chi connectivity index (χ2n) is 7.66. The summed E-state index contributed by atoms with van der Waals surface area (Å²) >= 11 is 1.72. The lowest BCUT2D eigenvalue weighted by molar-refractivity contribution is 0.176. The van der Waals surface area contributed by atoms with Crippen molar-refractivity contribution in [2.45, 2.75) is 53.2 Å². The molecule has 7 heteroatoms. The third kappa shape index (κ3) is 7.86. The molecule has 1 unspecified atom stereocenters. The molecule has 0 amide bonds. The molecule has 0 radical (unpaired) electrons. The van der Waals surface area contributed by atoms with Crippen LogP contribution in [0.5, 0.6) is 0 Å². The lowest BCUT2D eigenvalue weighted by atomic mass is 9.99. The molecule has 1 aromatic carbocycles. The average molecular weight is 528 g/mol. The van der Waals surface area contributed by atoms with E-state index < -0.39 is 0 Å². The minimum atomic E-state index is 0. The van der Waals surface area contributed by atoms with Crippen LogP contribution in [0.25, 0.3) is 0 Å². The molecule has 1 aromatic heterocycles. The first kappa shape index (κ1) is 24.1. The highest BCUT2D eigenvalue weighted by molar-refractivity contribution is 14.0. The van der Waals surface area contributed by atoms with Crippen LogP contribution in [0.1, 0.15) is 47.7 Å². The molecule has 2 N–H and O–H groups in total. The van der Waals surface area contributed by atoms with Crippen LogP contribution in [-0.4, -0.2) is 35.5 Å². The number of halogens is 1. The number of likely N-dealkylation sites (tertiary alicyclic amines) is 1. The van der Waals surface area contributed by atoms with E-state index in [1.54, 1.807) is 11.3 Å². The topological polar surface area (TPSA) is 52.6 Å². The standard InChI is InChI=1S/C22H33N5S.HI/c1-4-23-22(26-14-21-24-12-18(3)28-21)25-13-19-9-5-6-10-20(19)16-27-11-7-8-17(2)15-27;/h5-6,9-10,12,17H,4,7-8,11,13-16H2,1-3H3,(H2,23,25,26);1H. The Morgan fingerprint density at radius 2 is 2.07 bits per heavy atom. The van der Waals surface area contributed by atoms with E-state index in [4.69, 9.17) is 4.99 Å². The Morgan fingerprint density at radius 3 is 2.76 bits per heavy atom. The van der Waals surface area contributed by atoms with Crippen LogP contribution in [-0.2, 0) is 19.6 Å². The Hall–Kier alpha value is -1.19. The van der Waals surface area contributed by atoms with Crippen LogP contribution in [0.15, 0.2) is 35.5 Å². The molecule has 2 aromatic rings. The summed E-state index contributed by atoms with van der Waals surface area (Å²) in [4.78, 5) is 13.1. The van der Waals surface area contributed by atoms with Gasteiger partial charge in [0.1, 0.15) is 5.01 Å². The molecule has 1 saturated heterocycles. The van der Waals surface area contributed by atoms with Crippen molar-refractivity contribution in [2.75, 3.05) is 19.6 Å². The van der Waals surface area contributed by atoms with Gasteiger partial charge in [-0.25, -0.2) is 9.98 Å². The van der Waals surface area contributed by atoms with Crippen LogP contribution in [0.4, 0.5) is 0 Å².